The van der Waals surface area contributed by atoms with Crippen LogP contribution in [0.4, 0.5) is 0 Å². The van der Waals surface area contributed by atoms with Crippen molar-refractivity contribution in [3.8, 4) is 89.8 Å². The lowest BCUT2D eigenvalue weighted by atomic mass is 9.94. The molecule has 0 amide bonds. The fraction of sp³-hybridized carbons (Fsp3) is 0. The van der Waals surface area contributed by atoms with Crippen LogP contribution >= 0.6 is 0 Å². The Balaban J connectivity index is 0.977. The molecule has 11 aromatic rings. The monoisotopic (exact) mass is 790 g/mol. The van der Waals surface area contributed by atoms with Gasteiger partial charge in [-0.25, -0.2) is 19.9 Å². The number of aromatic nitrogens is 4. The molecule has 11 rings (SSSR count). The minimum atomic E-state index is 0.689. The maximum absolute atomic E-state index is 5.29. The summed E-state index contributed by atoms with van der Waals surface area (Å²) in [6, 6.07) is 80.4. The molecule has 0 saturated heterocycles. The topological polar surface area (TPSA) is 51.6 Å². The third kappa shape index (κ3) is 7.20. The Kier molecular flexibility index (Phi) is 9.49. The number of pyridine rings is 2. The molecule has 0 spiro atoms. The van der Waals surface area contributed by atoms with E-state index in [1.165, 1.54) is 5.56 Å². The van der Waals surface area contributed by atoms with E-state index in [1.807, 2.05) is 36.4 Å². The quantitative estimate of drug-likeness (QED) is 0.144. The molecular formula is C58H38N4. The third-order valence-corrected chi connectivity index (χ3v) is 11.5. The van der Waals surface area contributed by atoms with Gasteiger partial charge in [0.1, 0.15) is 0 Å². The van der Waals surface area contributed by atoms with Crippen LogP contribution in [0.15, 0.2) is 231 Å². The lowest BCUT2D eigenvalue weighted by molar-refractivity contribution is 1.18. The number of hydrogen-bond donors (Lipinski definition) is 0. The van der Waals surface area contributed by atoms with Crippen LogP contribution < -0.4 is 0 Å². The highest BCUT2D eigenvalue weighted by molar-refractivity contribution is 6.09. The van der Waals surface area contributed by atoms with E-state index in [-0.39, 0.29) is 0 Å². The van der Waals surface area contributed by atoms with Crippen LogP contribution in [-0.4, -0.2) is 19.9 Å². The predicted molar refractivity (Wildman–Crippen MR) is 256 cm³/mol. The molecule has 0 saturated carbocycles. The predicted octanol–water partition coefficient (Wildman–Crippen LogP) is 14.9. The van der Waals surface area contributed by atoms with E-state index < -0.39 is 0 Å². The molecule has 0 radical (unpaired) electrons. The van der Waals surface area contributed by atoms with Gasteiger partial charge in [-0.05, 0) is 57.6 Å². The van der Waals surface area contributed by atoms with Gasteiger partial charge in [-0.1, -0.05) is 206 Å². The van der Waals surface area contributed by atoms with Crippen LogP contribution in [0, 0.1) is 0 Å². The van der Waals surface area contributed by atoms with Crippen molar-refractivity contribution in [2.24, 2.45) is 0 Å². The second-order valence-corrected chi connectivity index (χ2v) is 15.4. The molecule has 8 aromatic carbocycles. The lowest BCUT2D eigenvalue weighted by Crippen LogP contribution is -1.96. The average molecular weight is 791 g/mol. The molecule has 3 aromatic heterocycles. The van der Waals surface area contributed by atoms with E-state index in [2.05, 4.69) is 194 Å². The minimum absolute atomic E-state index is 0.689. The van der Waals surface area contributed by atoms with Crippen molar-refractivity contribution in [3.05, 3.63) is 231 Å². The summed E-state index contributed by atoms with van der Waals surface area (Å²) in [5, 5.41) is 2.12. The van der Waals surface area contributed by atoms with Crippen LogP contribution in [0.25, 0.3) is 112 Å². The molecule has 0 aliphatic rings. The zero-order valence-electron chi connectivity index (χ0n) is 33.7. The standard InChI is InChI=1S/C58H38N4/c1-5-14-39(15-6-1)40-26-30-47(31-27-40)58-61-54(45-20-11-4-12-21-45)38-55(62-58)49-23-13-22-48(36-49)41-24-28-42(29-25-41)51-37-53(44-18-9-3-10-19-44)60-57-50(51)34-32-46-33-35-52(59-56(46)57)43-16-7-2-8-17-43/h1-38H. The van der Waals surface area contributed by atoms with Crippen molar-refractivity contribution < 1.29 is 0 Å². The Morgan fingerprint density at radius 2 is 0.661 bits per heavy atom. The molecule has 0 aliphatic carbocycles. The Morgan fingerprint density at radius 1 is 0.226 bits per heavy atom. The Bertz CT molecular complexity index is 3350. The zero-order chi connectivity index (χ0) is 41.2. The Hall–Kier alpha value is -8.34. The van der Waals surface area contributed by atoms with E-state index >= 15 is 0 Å². The van der Waals surface area contributed by atoms with Gasteiger partial charge in [-0.2, -0.15) is 0 Å². The van der Waals surface area contributed by atoms with E-state index in [0.717, 1.165) is 100 Å². The molecule has 290 valence electrons. The summed E-state index contributed by atoms with van der Waals surface area (Å²) >= 11 is 0. The second-order valence-electron chi connectivity index (χ2n) is 15.4. The summed E-state index contributed by atoms with van der Waals surface area (Å²) in [5.41, 5.74) is 17.3. The van der Waals surface area contributed by atoms with Gasteiger partial charge in [-0.15, -0.1) is 0 Å². The summed E-state index contributed by atoms with van der Waals surface area (Å²) in [4.78, 5) is 20.8. The number of hydrogen-bond acceptors (Lipinski definition) is 4. The molecule has 4 nitrogen and oxygen atoms in total. The highest BCUT2D eigenvalue weighted by Gasteiger charge is 2.16. The molecule has 0 aliphatic heterocycles. The van der Waals surface area contributed by atoms with E-state index in [9.17, 15) is 0 Å². The van der Waals surface area contributed by atoms with Crippen molar-refractivity contribution in [2.45, 2.75) is 0 Å². The van der Waals surface area contributed by atoms with Crippen LogP contribution in [0.3, 0.4) is 0 Å². The van der Waals surface area contributed by atoms with Crippen molar-refractivity contribution in [1.82, 2.24) is 19.9 Å². The summed E-state index contributed by atoms with van der Waals surface area (Å²) in [6.07, 6.45) is 0. The number of fused-ring (bicyclic) bond motifs is 3. The van der Waals surface area contributed by atoms with Gasteiger partial charge in [0.05, 0.1) is 33.8 Å². The normalized spacial score (nSPS) is 11.2. The summed E-state index contributed by atoms with van der Waals surface area (Å²) in [5.74, 6) is 0.689. The van der Waals surface area contributed by atoms with Gasteiger partial charge in [0.2, 0.25) is 0 Å². The van der Waals surface area contributed by atoms with E-state index in [4.69, 9.17) is 19.9 Å². The first-order valence-electron chi connectivity index (χ1n) is 20.9. The first-order valence-corrected chi connectivity index (χ1v) is 20.9. The molecule has 0 unspecified atom stereocenters. The highest BCUT2D eigenvalue weighted by Crippen LogP contribution is 2.38. The lowest BCUT2D eigenvalue weighted by Gasteiger charge is -2.14. The average Bonchev–Trinajstić information content (AvgIpc) is 3.37. The first-order chi connectivity index (χ1) is 30.7. The summed E-state index contributed by atoms with van der Waals surface area (Å²) in [7, 11) is 0. The van der Waals surface area contributed by atoms with Crippen molar-refractivity contribution in [3.63, 3.8) is 0 Å². The maximum Gasteiger partial charge on any atom is 0.160 e. The molecular weight excluding hydrogens is 753 g/mol. The van der Waals surface area contributed by atoms with Crippen LogP contribution in [0.2, 0.25) is 0 Å². The Labute approximate surface area is 360 Å². The van der Waals surface area contributed by atoms with Gasteiger partial charge >= 0.3 is 0 Å². The highest BCUT2D eigenvalue weighted by atomic mass is 14.9. The van der Waals surface area contributed by atoms with Crippen LogP contribution in [0.5, 0.6) is 0 Å². The molecule has 0 fully saturated rings. The van der Waals surface area contributed by atoms with Crippen molar-refractivity contribution in [2.75, 3.05) is 0 Å². The minimum Gasteiger partial charge on any atom is -0.245 e. The van der Waals surface area contributed by atoms with Gasteiger partial charge in [0, 0.05) is 38.6 Å². The fourth-order valence-electron chi connectivity index (χ4n) is 8.26. The Morgan fingerprint density at radius 3 is 1.29 bits per heavy atom. The van der Waals surface area contributed by atoms with Gasteiger partial charge in [0.15, 0.2) is 5.82 Å². The summed E-state index contributed by atoms with van der Waals surface area (Å²) < 4.78 is 0. The molecule has 4 heteroatoms. The number of nitrogens with zero attached hydrogens (tertiary/aromatic N) is 4. The van der Waals surface area contributed by atoms with Crippen molar-refractivity contribution >= 4 is 21.8 Å². The second kappa shape index (κ2) is 16.0. The SMILES string of the molecule is c1ccc(-c2ccc(-c3nc(-c4ccccc4)cc(-c4cccc(-c5ccc(-c6cc(-c7ccccc7)nc7c6ccc6ccc(-c8ccccc8)nc67)cc5)c4)n3)cc2)cc1. The molecule has 62 heavy (non-hydrogen) atoms. The van der Waals surface area contributed by atoms with Crippen molar-refractivity contribution in [1.29, 1.82) is 0 Å². The smallest absolute Gasteiger partial charge is 0.160 e. The zero-order valence-corrected chi connectivity index (χ0v) is 33.7. The number of benzene rings is 8. The van der Waals surface area contributed by atoms with Gasteiger partial charge in [0.25, 0.3) is 0 Å². The van der Waals surface area contributed by atoms with Crippen LogP contribution in [0.1, 0.15) is 0 Å². The largest absolute Gasteiger partial charge is 0.245 e. The molecule has 3 heterocycles. The molecule has 0 atom stereocenters. The molecule has 0 bridgehead atoms. The van der Waals surface area contributed by atoms with Crippen LogP contribution in [-0.2, 0) is 0 Å². The number of rotatable bonds is 8. The van der Waals surface area contributed by atoms with E-state index in [0.29, 0.717) is 5.82 Å². The first kappa shape index (κ1) is 36.7. The van der Waals surface area contributed by atoms with E-state index in [1.54, 1.807) is 0 Å². The fourth-order valence-corrected chi connectivity index (χ4v) is 8.26. The third-order valence-electron chi connectivity index (χ3n) is 11.5. The molecule has 0 N–H and O–H groups in total. The maximum atomic E-state index is 5.29. The van der Waals surface area contributed by atoms with Gasteiger partial charge < -0.3 is 0 Å². The summed E-state index contributed by atoms with van der Waals surface area (Å²) in [6.45, 7) is 0. The van der Waals surface area contributed by atoms with Gasteiger partial charge in [-0.3, -0.25) is 0 Å².